The summed E-state index contributed by atoms with van der Waals surface area (Å²) in [5.41, 5.74) is 1.32. The fourth-order valence-corrected chi connectivity index (χ4v) is 7.06. The maximum atomic E-state index is 14.1. The van der Waals surface area contributed by atoms with Crippen molar-refractivity contribution in [3.05, 3.63) is 89.7 Å². The lowest BCUT2D eigenvalue weighted by atomic mass is 9.63. The van der Waals surface area contributed by atoms with Crippen LogP contribution in [0.4, 0.5) is 0 Å². The van der Waals surface area contributed by atoms with Gasteiger partial charge in [0.2, 0.25) is 5.91 Å². The van der Waals surface area contributed by atoms with E-state index in [4.69, 9.17) is 11.6 Å². The second-order valence-electron chi connectivity index (χ2n) is 11.9. The predicted octanol–water partition coefficient (Wildman–Crippen LogP) is 5.71. The second-order valence-corrected chi connectivity index (χ2v) is 12.3. The first-order valence-electron chi connectivity index (χ1n) is 15.0. The monoisotopic (exact) mass is 584 g/mol. The van der Waals surface area contributed by atoms with Gasteiger partial charge in [0.15, 0.2) is 0 Å². The third kappa shape index (κ3) is 6.33. The number of carbonyl (C=O) groups is 2. The van der Waals surface area contributed by atoms with Crippen molar-refractivity contribution in [3.63, 3.8) is 0 Å². The summed E-state index contributed by atoms with van der Waals surface area (Å²) in [6, 6.07) is 16.3. The van der Waals surface area contributed by atoms with E-state index in [-0.39, 0.29) is 17.2 Å². The highest BCUT2D eigenvalue weighted by Gasteiger charge is 2.43. The number of amides is 2. The van der Waals surface area contributed by atoms with Crippen LogP contribution in [-0.2, 0) is 17.8 Å². The van der Waals surface area contributed by atoms with E-state index >= 15 is 0 Å². The lowest BCUT2D eigenvalue weighted by molar-refractivity contribution is -0.136. The maximum absolute atomic E-state index is 14.1. The number of aromatic nitrogens is 4. The Kier molecular flexibility index (Phi) is 8.51. The van der Waals surface area contributed by atoms with Gasteiger partial charge in [-0.1, -0.05) is 67.3 Å². The SMILES string of the molecule is O=C(N[C@H](Cc1ccc(Cl)cc1)C(=O)N1CCC(Cn2cncn2)(C2CCCCC2)CC1)c1cc2ccccc2cn1. The van der Waals surface area contributed by atoms with Crippen molar-refractivity contribution in [1.82, 2.24) is 30.0 Å². The molecule has 1 N–H and O–H groups in total. The van der Waals surface area contributed by atoms with Crippen LogP contribution in [0.25, 0.3) is 10.8 Å². The normalized spacial score (nSPS) is 18.1. The van der Waals surface area contributed by atoms with Crippen LogP contribution < -0.4 is 5.32 Å². The van der Waals surface area contributed by atoms with Gasteiger partial charge in [-0.3, -0.25) is 19.3 Å². The van der Waals surface area contributed by atoms with E-state index in [1.54, 1.807) is 24.9 Å². The highest BCUT2D eigenvalue weighted by molar-refractivity contribution is 6.30. The molecule has 1 atom stereocenters. The van der Waals surface area contributed by atoms with Crippen molar-refractivity contribution in [2.24, 2.45) is 11.3 Å². The standard InChI is InChI=1S/C33H37ClN6O2/c34-28-12-10-24(11-13-28)18-30(38-31(41)29-19-25-6-4-5-7-26(25)20-36-29)32(42)39-16-14-33(15-17-39,21-40-23-35-22-37-40)27-8-2-1-3-9-27/h4-7,10-13,19-20,22-23,27,30H,1-3,8-9,14-18,21H2,(H,38,41)/t30-/m1/s1. The molecule has 9 heteroatoms. The minimum atomic E-state index is -0.718. The van der Waals surface area contributed by atoms with Gasteiger partial charge in [-0.25, -0.2) is 4.98 Å². The van der Waals surface area contributed by atoms with Crippen LogP contribution in [0, 0.1) is 11.3 Å². The van der Waals surface area contributed by atoms with Crippen LogP contribution >= 0.6 is 11.6 Å². The van der Waals surface area contributed by atoms with Crippen LogP contribution in [-0.4, -0.2) is 55.6 Å². The van der Waals surface area contributed by atoms with Crippen LogP contribution in [0.1, 0.15) is 61.0 Å². The molecule has 1 aliphatic carbocycles. The zero-order valence-corrected chi connectivity index (χ0v) is 24.5. The summed E-state index contributed by atoms with van der Waals surface area (Å²) >= 11 is 6.12. The van der Waals surface area contributed by atoms with Crippen molar-refractivity contribution in [3.8, 4) is 0 Å². The molecule has 0 spiro atoms. The first-order valence-corrected chi connectivity index (χ1v) is 15.4. The summed E-state index contributed by atoms with van der Waals surface area (Å²) in [5.74, 6) is 0.209. The van der Waals surface area contributed by atoms with E-state index in [0.29, 0.717) is 36.1 Å². The molecule has 2 fully saturated rings. The molecule has 0 unspecified atom stereocenters. The van der Waals surface area contributed by atoms with Crippen molar-refractivity contribution in [2.45, 2.75) is 64.0 Å². The number of nitrogens with zero attached hydrogens (tertiary/aromatic N) is 5. The van der Waals surface area contributed by atoms with Crippen molar-refractivity contribution in [2.75, 3.05) is 13.1 Å². The van der Waals surface area contributed by atoms with E-state index in [1.807, 2.05) is 58.1 Å². The van der Waals surface area contributed by atoms with E-state index in [2.05, 4.69) is 20.4 Å². The van der Waals surface area contributed by atoms with Gasteiger partial charge in [-0.05, 0) is 66.2 Å². The van der Waals surface area contributed by atoms with Gasteiger partial charge in [-0.2, -0.15) is 5.10 Å². The van der Waals surface area contributed by atoms with Crippen LogP contribution in [0.2, 0.25) is 5.02 Å². The third-order valence-electron chi connectivity index (χ3n) is 9.31. The summed E-state index contributed by atoms with van der Waals surface area (Å²) in [6.45, 7) is 2.15. The Morgan fingerprint density at radius 1 is 1.00 bits per heavy atom. The van der Waals surface area contributed by atoms with E-state index in [1.165, 1.54) is 32.1 Å². The van der Waals surface area contributed by atoms with Crippen LogP contribution in [0.3, 0.4) is 0 Å². The number of nitrogens with one attached hydrogen (secondary N) is 1. The molecule has 1 aliphatic heterocycles. The molecular formula is C33H37ClN6O2. The van der Waals surface area contributed by atoms with Crippen LogP contribution in [0.5, 0.6) is 0 Å². The number of hydrogen-bond donors (Lipinski definition) is 1. The summed E-state index contributed by atoms with van der Waals surface area (Å²) in [7, 11) is 0. The van der Waals surface area contributed by atoms with E-state index in [0.717, 1.165) is 35.7 Å². The molecule has 0 bridgehead atoms. The summed E-state index contributed by atoms with van der Waals surface area (Å²) < 4.78 is 1.96. The number of pyridine rings is 1. The summed E-state index contributed by atoms with van der Waals surface area (Å²) in [6.07, 6.45) is 13.6. The van der Waals surface area contributed by atoms with Gasteiger partial charge in [0.1, 0.15) is 24.4 Å². The van der Waals surface area contributed by atoms with Crippen molar-refractivity contribution in [1.29, 1.82) is 0 Å². The Hall–Kier alpha value is -3.78. The van der Waals surface area contributed by atoms with Crippen molar-refractivity contribution >= 4 is 34.2 Å². The number of rotatable bonds is 8. The summed E-state index contributed by atoms with van der Waals surface area (Å²) in [4.78, 5) is 38.0. The molecule has 2 aliphatic rings. The van der Waals surface area contributed by atoms with E-state index in [9.17, 15) is 9.59 Å². The quantitative estimate of drug-likeness (QED) is 0.286. The zero-order chi connectivity index (χ0) is 28.9. The Balaban J connectivity index is 1.20. The lowest BCUT2D eigenvalue weighted by Gasteiger charge is -2.48. The number of halogens is 1. The molecule has 0 radical (unpaired) electrons. The van der Waals surface area contributed by atoms with Gasteiger partial charge in [0.25, 0.3) is 5.91 Å². The minimum Gasteiger partial charge on any atom is -0.341 e. The highest BCUT2D eigenvalue weighted by atomic mass is 35.5. The molecule has 218 valence electrons. The van der Waals surface area contributed by atoms with Gasteiger partial charge >= 0.3 is 0 Å². The second kappa shape index (κ2) is 12.6. The highest BCUT2D eigenvalue weighted by Crippen LogP contribution is 2.47. The fourth-order valence-electron chi connectivity index (χ4n) is 6.94. The minimum absolute atomic E-state index is 0.0583. The maximum Gasteiger partial charge on any atom is 0.270 e. The number of piperidine rings is 1. The Bertz CT molecular complexity index is 1510. The average molecular weight is 585 g/mol. The Morgan fingerprint density at radius 3 is 2.45 bits per heavy atom. The average Bonchev–Trinajstić information content (AvgIpc) is 3.55. The molecule has 1 saturated heterocycles. The van der Waals surface area contributed by atoms with Gasteiger partial charge in [0, 0.05) is 42.7 Å². The summed E-state index contributed by atoms with van der Waals surface area (Å²) in [5, 5.41) is 9.98. The molecule has 2 aromatic carbocycles. The van der Waals surface area contributed by atoms with Gasteiger partial charge in [-0.15, -0.1) is 0 Å². The molecule has 6 rings (SSSR count). The number of likely N-dealkylation sites (tertiary alicyclic amines) is 1. The molecule has 1 saturated carbocycles. The number of carbonyl (C=O) groups excluding carboxylic acids is 2. The molecule has 2 aromatic heterocycles. The van der Waals surface area contributed by atoms with E-state index < -0.39 is 6.04 Å². The molecule has 2 amide bonds. The zero-order valence-electron chi connectivity index (χ0n) is 23.8. The number of hydrogen-bond acceptors (Lipinski definition) is 5. The first-order chi connectivity index (χ1) is 20.5. The smallest absolute Gasteiger partial charge is 0.270 e. The molecule has 3 heterocycles. The Labute approximate surface area is 251 Å². The molecule has 4 aromatic rings. The molecular weight excluding hydrogens is 548 g/mol. The molecule has 8 nitrogen and oxygen atoms in total. The lowest BCUT2D eigenvalue weighted by Crippen LogP contribution is -2.54. The van der Waals surface area contributed by atoms with Gasteiger partial charge in [0.05, 0.1) is 0 Å². The predicted molar refractivity (Wildman–Crippen MR) is 163 cm³/mol. The first kappa shape index (κ1) is 28.3. The largest absolute Gasteiger partial charge is 0.341 e. The van der Waals surface area contributed by atoms with Gasteiger partial charge < -0.3 is 10.2 Å². The fraction of sp³-hybridized carbons (Fsp3) is 0.424. The molecule has 42 heavy (non-hydrogen) atoms. The number of fused-ring (bicyclic) bond motifs is 1. The number of benzene rings is 2. The van der Waals surface area contributed by atoms with Crippen LogP contribution in [0.15, 0.2) is 73.4 Å². The third-order valence-corrected chi connectivity index (χ3v) is 9.56. The topological polar surface area (TPSA) is 93.0 Å². The Morgan fingerprint density at radius 2 is 1.74 bits per heavy atom. The van der Waals surface area contributed by atoms with Crippen molar-refractivity contribution < 1.29 is 9.59 Å².